The lowest BCUT2D eigenvalue weighted by atomic mass is 10.1. The van der Waals surface area contributed by atoms with Crippen LogP contribution in [0.15, 0.2) is 58.9 Å². The average Bonchev–Trinajstić information content (AvgIpc) is 3.05. The second-order valence-corrected chi connectivity index (χ2v) is 7.14. The number of fused-ring (bicyclic) bond motifs is 1. The van der Waals surface area contributed by atoms with E-state index in [1.807, 2.05) is 6.07 Å². The van der Waals surface area contributed by atoms with Crippen LogP contribution in [-0.2, 0) is 6.42 Å². The zero-order chi connectivity index (χ0) is 19.7. The van der Waals surface area contributed by atoms with E-state index >= 15 is 0 Å². The van der Waals surface area contributed by atoms with Gasteiger partial charge in [0.25, 0.3) is 5.56 Å². The van der Waals surface area contributed by atoms with Gasteiger partial charge < -0.3 is 5.32 Å². The molecule has 4 rings (SSSR count). The molecule has 0 fully saturated rings. The van der Waals surface area contributed by atoms with Crippen LogP contribution in [0.25, 0.3) is 11.8 Å². The van der Waals surface area contributed by atoms with Gasteiger partial charge in [-0.05, 0) is 49.9 Å². The summed E-state index contributed by atoms with van der Waals surface area (Å²) >= 11 is 0. The SMILES string of the molecule is Cc1cc(=O)n(-c2ccc(NCCC3=Cc4ccccc4C3)c(F)c2)c(C)n1. The lowest BCUT2D eigenvalue weighted by Crippen LogP contribution is -2.22. The molecule has 4 nitrogen and oxygen atoms in total. The normalized spacial score (nSPS) is 12.6. The number of benzene rings is 2. The van der Waals surface area contributed by atoms with Gasteiger partial charge in [-0.2, -0.15) is 0 Å². The van der Waals surface area contributed by atoms with E-state index in [1.165, 1.54) is 33.4 Å². The Labute approximate surface area is 163 Å². The third-order valence-corrected chi connectivity index (χ3v) is 5.02. The van der Waals surface area contributed by atoms with Crippen molar-refractivity contribution in [1.29, 1.82) is 0 Å². The van der Waals surface area contributed by atoms with E-state index in [1.54, 1.807) is 26.0 Å². The maximum atomic E-state index is 14.6. The van der Waals surface area contributed by atoms with Gasteiger partial charge in [-0.25, -0.2) is 9.37 Å². The molecule has 1 aliphatic rings. The Hall–Kier alpha value is -3.21. The highest BCUT2D eigenvalue weighted by Crippen LogP contribution is 2.26. The highest BCUT2D eigenvalue weighted by molar-refractivity contribution is 5.63. The first-order valence-corrected chi connectivity index (χ1v) is 9.40. The summed E-state index contributed by atoms with van der Waals surface area (Å²) in [5, 5.41) is 3.16. The van der Waals surface area contributed by atoms with Crippen molar-refractivity contribution in [2.75, 3.05) is 11.9 Å². The second-order valence-electron chi connectivity index (χ2n) is 7.14. The second kappa shape index (κ2) is 7.43. The molecule has 1 N–H and O–H groups in total. The van der Waals surface area contributed by atoms with E-state index < -0.39 is 0 Å². The van der Waals surface area contributed by atoms with Gasteiger partial charge in [0.1, 0.15) is 11.6 Å². The Morgan fingerprint density at radius 1 is 1.14 bits per heavy atom. The molecule has 0 aliphatic heterocycles. The number of anilines is 1. The molecule has 0 radical (unpaired) electrons. The van der Waals surface area contributed by atoms with Gasteiger partial charge in [0.15, 0.2) is 0 Å². The Morgan fingerprint density at radius 3 is 2.71 bits per heavy atom. The molecule has 0 amide bonds. The minimum atomic E-state index is -0.381. The summed E-state index contributed by atoms with van der Waals surface area (Å²) in [4.78, 5) is 16.5. The summed E-state index contributed by atoms with van der Waals surface area (Å²) in [6.45, 7) is 4.16. The van der Waals surface area contributed by atoms with Crippen LogP contribution in [0, 0.1) is 19.7 Å². The van der Waals surface area contributed by atoms with Crippen LogP contribution >= 0.6 is 0 Å². The number of hydrogen-bond acceptors (Lipinski definition) is 3. The van der Waals surface area contributed by atoms with E-state index in [0.29, 0.717) is 29.4 Å². The molecule has 1 heterocycles. The van der Waals surface area contributed by atoms with Crippen LogP contribution in [0.3, 0.4) is 0 Å². The molecule has 3 aromatic rings. The smallest absolute Gasteiger partial charge is 0.258 e. The Bertz CT molecular complexity index is 1130. The molecule has 5 heteroatoms. The van der Waals surface area contributed by atoms with Gasteiger partial charge in [-0.1, -0.05) is 35.9 Å². The van der Waals surface area contributed by atoms with E-state index in [-0.39, 0.29) is 11.4 Å². The van der Waals surface area contributed by atoms with Crippen molar-refractivity contribution in [3.63, 3.8) is 0 Å². The van der Waals surface area contributed by atoms with Gasteiger partial charge in [0.2, 0.25) is 0 Å². The quantitative estimate of drug-likeness (QED) is 0.718. The van der Waals surface area contributed by atoms with Crippen molar-refractivity contribution < 1.29 is 4.39 Å². The fourth-order valence-electron chi connectivity index (χ4n) is 3.71. The first-order chi connectivity index (χ1) is 13.5. The molecule has 0 saturated heterocycles. The van der Waals surface area contributed by atoms with Crippen molar-refractivity contribution in [2.45, 2.75) is 26.7 Å². The van der Waals surface area contributed by atoms with Crippen molar-refractivity contribution >= 4 is 11.8 Å². The topological polar surface area (TPSA) is 46.9 Å². The largest absolute Gasteiger partial charge is 0.382 e. The zero-order valence-corrected chi connectivity index (χ0v) is 16.0. The van der Waals surface area contributed by atoms with E-state index in [2.05, 4.69) is 34.6 Å². The molecule has 2 aromatic carbocycles. The molecule has 1 aromatic heterocycles. The summed E-state index contributed by atoms with van der Waals surface area (Å²) in [6.07, 6.45) is 4.04. The van der Waals surface area contributed by atoms with Gasteiger partial charge >= 0.3 is 0 Å². The third-order valence-electron chi connectivity index (χ3n) is 5.02. The maximum absolute atomic E-state index is 14.6. The van der Waals surface area contributed by atoms with Gasteiger partial charge in [-0.15, -0.1) is 0 Å². The molecule has 0 atom stereocenters. The van der Waals surface area contributed by atoms with Crippen molar-refractivity contribution in [2.24, 2.45) is 0 Å². The number of hydrogen-bond donors (Lipinski definition) is 1. The Balaban J connectivity index is 1.44. The standard InChI is InChI=1S/C23H22FN3O/c1-15-11-23(28)27(16(2)26-15)20-7-8-22(21(24)14-20)25-10-9-17-12-18-5-3-4-6-19(18)13-17/h3-8,11-12,14,25H,9-10,13H2,1-2H3. The summed E-state index contributed by atoms with van der Waals surface area (Å²) in [6, 6.07) is 14.6. The maximum Gasteiger partial charge on any atom is 0.258 e. The number of rotatable bonds is 5. The lowest BCUT2D eigenvalue weighted by Gasteiger charge is -2.12. The van der Waals surface area contributed by atoms with Gasteiger partial charge in [-0.3, -0.25) is 9.36 Å². The minimum Gasteiger partial charge on any atom is -0.382 e. The number of aromatic nitrogens is 2. The molecule has 0 unspecified atom stereocenters. The predicted octanol–water partition coefficient (Wildman–Crippen LogP) is 4.43. The van der Waals surface area contributed by atoms with Crippen LogP contribution in [-0.4, -0.2) is 16.1 Å². The minimum absolute atomic E-state index is 0.210. The Kier molecular flexibility index (Phi) is 4.82. The van der Waals surface area contributed by atoms with Crippen LogP contribution in [0.2, 0.25) is 0 Å². The fraction of sp³-hybridized carbons (Fsp3) is 0.217. The lowest BCUT2D eigenvalue weighted by molar-refractivity contribution is 0.628. The third kappa shape index (κ3) is 3.60. The average molecular weight is 375 g/mol. The van der Waals surface area contributed by atoms with Crippen LogP contribution in [0.1, 0.15) is 29.1 Å². The highest BCUT2D eigenvalue weighted by atomic mass is 19.1. The van der Waals surface area contributed by atoms with E-state index in [0.717, 1.165) is 12.8 Å². The molecule has 142 valence electrons. The van der Waals surface area contributed by atoms with Gasteiger partial charge in [0, 0.05) is 24.4 Å². The number of aryl methyl sites for hydroxylation is 2. The molecular weight excluding hydrogens is 353 g/mol. The summed E-state index contributed by atoms with van der Waals surface area (Å²) in [5.41, 5.74) is 5.33. The van der Waals surface area contributed by atoms with Crippen molar-refractivity contribution in [3.8, 4) is 5.69 Å². The summed E-state index contributed by atoms with van der Waals surface area (Å²) in [7, 11) is 0. The summed E-state index contributed by atoms with van der Waals surface area (Å²) in [5.74, 6) is 0.158. The molecular formula is C23H22FN3O. The number of nitrogens with zero attached hydrogens (tertiary/aromatic N) is 2. The highest BCUT2D eigenvalue weighted by Gasteiger charge is 2.12. The predicted molar refractivity (Wildman–Crippen MR) is 110 cm³/mol. The molecule has 1 aliphatic carbocycles. The van der Waals surface area contributed by atoms with Crippen LogP contribution < -0.4 is 10.9 Å². The van der Waals surface area contributed by atoms with Crippen LogP contribution in [0.4, 0.5) is 10.1 Å². The van der Waals surface area contributed by atoms with E-state index in [9.17, 15) is 9.18 Å². The fourth-order valence-corrected chi connectivity index (χ4v) is 3.71. The first-order valence-electron chi connectivity index (χ1n) is 9.40. The van der Waals surface area contributed by atoms with Gasteiger partial charge in [0.05, 0.1) is 11.4 Å². The van der Waals surface area contributed by atoms with Crippen LogP contribution in [0.5, 0.6) is 0 Å². The molecule has 0 spiro atoms. The van der Waals surface area contributed by atoms with E-state index in [4.69, 9.17) is 0 Å². The zero-order valence-electron chi connectivity index (χ0n) is 16.0. The molecule has 28 heavy (non-hydrogen) atoms. The monoisotopic (exact) mass is 375 g/mol. The van der Waals surface area contributed by atoms with Crippen molar-refractivity contribution in [1.82, 2.24) is 9.55 Å². The molecule has 0 saturated carbocycles. The number of nitrogens with one attached hydrogen (secondary N) is 1. The Morgan fingerprint density at radius 2 is 1.96 bits per heavy atom. The molecule has 0 bridgehead atoms. The summed E-state index contributed by atoms with van der Waals surface area (Å²) < 4.78 is 16.0. The van der Waals surface area contributed by atoms with Crippen molar-refractivity contribution in [3.05, 3.63) is 92.9 Å². The first kappa shape index (κ1) is 18.2. The number of halogens is 1.